The molecule has 1 aromatic carbocycles. The fourth-order valence-electron chi connectivity index (χ4n) is 1.72. The van der Waals surface area contributed by atoms with Crippen LogP contribution in [0.5, 0.6) is 5.88 Å². The van der Waals surface area contributed by atoms with E-state index in [9.17, 15) is 5.11 Å². The van der Waals surface area contributed by atoms with Gasteiger partial charge in [-0.3, -0.25) is 4.98 Å². The molecule has 0 radical (unpaired) electrons. The summed E-state index contributed by atoms with van der Waals surface area (Å²) in [5, 5.41) is 10.3. The first kappa shape index (κ1) is 11.5. The number of ether oxygens (including phenoxy) is 1. The smallest absolute Gasteiger partial charge is 0.238 e. The van der Waals surface area contributed by atoms with Crippen molar-refractivity contribution in [2.24, 2.45) is 0 Å². The van der Waals surface area contributed by atoms with Gasteiger partial charge in [-0.05, 0) is 18.1 Å². The van der Waals surface area contributed by atoms with Crippen LogP contribution in [0.15, 0.2) is 36.7 Å². The van der Waals surface area contributed by atoms with Crippen molar-refractivity contribution in [3.05, 3.63) is 53.5 Å². The van der Waals surface area contributed by atoms with Gasteiger partial charge in [0.2, 0.25) is 5.88 Å². The number of methoxy groups -OCH3 is 1. The summed E-state index contributed by atoms with van der Waals surface area (Å²) in [6.45, 7) is 1.95. The zero-order chi connectivity index (χ0) is 12.3. The molecule has 17 heavy (non-hydrogen) atoms. The molecule has 2 rings (SSSR count). The molecule has 1 heterocycles. The molecule has 88 valence electrons. The predicted octanol–water partition coefficient (Wildman–Crippen LogP) is 1.88. The van der Waals surface area contributed by atoms with Crippen LogP contribution in [0.4, 0.5) is 0 Å². The van der Waals surface area contributed by atoms with Crippen LogP contribution in [0.3, 0.4) is 0 Å². The van der Waals surface area contributed by atoms with E-state index < -0.39 is 6.10 Å². The summed E-state index contributed by atoms with van der Waals surface area (Å²) >= 11 is 0. The molecule has 0 saturated heterocycles. The fraction of sp³-hybridized carbons (Fsp3) is 0.231. The second-order valence-electron chi connectivity index (χ2n) is 3.71. The lowest BCUT2D eigenvalue weighted by Gasteiger charge is -2.14. The van der Waals surface area contributed by atoms with E-state index in [0.717, 1.165) is 11.1 Å². The van der Waals surface area contributed by atoms with Crippen LogP contribution in [-0.2, 0) is 0 Å². The predicted molar refractivity (Wildman–Crippen MR) is 63.8 cm³/mol. The number of aliphatic hydroxyl groups excluding tert-OH is 1. The van der Waals surface area contributed by atoms with Crippen LogP contribution in [0.2, 0.25) is 0 Å². The van der Waals surface area contributed by atoms with Crippen molar-refractivity contribution >= 4 is 0 Å². The van der Waals surface area contributed by atoms with Gasteiger partial charge in [-0.25, -0.2) is 4.98 Å². The third kappa shape index (κ3) is 2.26. The molecule has 0 aliphatic carbocycles. The van der Waals surface area contributed by atoms with Crippen LogP contribution in [-0.4, -0.2) is 22.2 Å². The number of rotatable bonds is 3. The maximum atomic E-state index is 10.3. The third-order valence-electron chi connectivity index (χ3n) is 2.63. The zero-order valence-corrected chi connectivity index (χ0v) is 9.79. The molecule has 0 fully saturated rings. The van der Waals surface area contributed by atoms with E-state index in [1.54, 1.807) is 6.20 Å². The Morgan fingerprint density at radius 3 is 2.59 bits per heavy atom. The Hall–Kier alpha value is -1.94. The molecule has 1 unspecified atom stereocenters. The highest BCUT2D eigenvalue weighted by atomic mass is 16.5. The summed E-state index contributed by atoms with van der Waals surface area (Å²) in [6, 6.07) is 7.63. The van der Waals surface area contributed by atoms with E-state index in [2.05, 4.69) is 9.97 Å². The summed E-state index contributed by atoms with van der Waals surface area (Å²) in [4.78, 5) is 8.16. The average Bonchev–Trinajstić information content (AvgIpc) is 2.38. The quantitative estimate of drug-likeness (QED) is 0.874. The first-order valence-corrected chi connectivity index (χ1v) is 5.32. The summed E-state index contributed by atoms with van der Waals surface area (Å²) in [6.07, 6.45) is 2.26. The van der Waals surface area contributed by atoms with Gasteiger partial charge < -0.3 is 9.84 Å². The lowest BCUT2D eigenvalue weighted by Crippen LogP contribution is -2.07. The standard InChI is InChI=1S/C13H14N2O2/c1-9-5-3-4-6-10(9)12(16)11-13(17-2)15-8-7-14-11/h3-8,12,16H,1-2H3. The Bertz CT molecular complexity index is 514. The Kier molecular flexibility index (Phi) is 3.35. The van der Waals surface area contributed by atoms with Crippen LogP contribution in [0.25, 0.3) is 0 Å². The largest absolute Gasteiger partial charge is 0.480 e. The lowest BCUT2D eigenvalue weighted by molar-refractivity contribution is 0.207. The van der Waals surface area contributed by atoms with E-state index in [4.69, 9.17) is 4.74 Å². The first-order chi connectivity index (χ1) is 8.24. The van der Waals surface area contributed by atoms with Crippen LogP contribution in [0, 0.1) is 6.92 Å². The molecular weight excluding hydrogens is 216 g/mol. The van der Waals surface area contributed by atoms with Crippen LogP contribution < -0.4 is 4.74 Å². The van der Waals surface area contributed by atoms with E-state index in [0.29, 0.717) is 11.6 Å². The maximum Gasteiger partial charge on any atom is 0.238 e. The average molecular weight is 230 g/mol. The summed E-state index contributed by atoms with van der Waals surface area (Å²) < 4.78 is 5.09. The number of aliphatic hydroxyl groups is 1. The Morgan fingerprint density at radius 2 is 1.88 bits per heavy atom. The van der Waals surface area contributed by atoms with Gasteiger partial charge >= 0.3 is 0 Å². The van der Waals surface area contributed by atoms with Gasteiger partial charge in [-0.2, -0.15) is 0 Å². The molecule has 1 atom stereocenters. The number of benzene rings is 1. The number of hydrogen-bond acceptors (Lipinski definition) is 4. The van der Waals surface area contributed by atoms with Crippen molar-refractivity contribution in [3.8, 4) is 5.88 Å². The Balaban J connectivity index is 2.44. The molecule has 0 amide bonds. The highest BCUT2D eigenvalue weighted by molar-refractivity contribution is 5.35. The Morgan fingerprint density at radius 1 is 1.18 bits per heavy atom. The molecular formula is C13H14N2O2. The molecule has 1 aromatic heterocycles. The van der Waals surface area contributed by atoms with Gasteiger partial charge in [0.05, 0.1) is 7.11 Å². The van der Waals surface area contributed by atoms with Crippen LogP contribution >= 0.6 is 0 Å². The molecule has 0 aliphatic rings. The van der Waals surface area contributed by atoms with Crippen molar-refractivity contribution in [1.29, 1.82) is 0 Å². The number of nitrogens with zero attached hydrogens (tertiary/aromatic N) is 2. The molecule has 0 spiro atoms. The number of aromatic nitrogens is 2. The third-order valence-corrected chi connectivity index (χ3v) is 2.63. The minimum Gasteiger partial charge on any atom is -0.480 e. The lowest BCUT2D eigenvalue weighted by atomic mass is 10.0. The number of hydrogen-bond donors (Lipinski definition) is 1. The maximum absolute atomic E-state index is 10.3. The molecule has 4 heteroatoms. The van der Waals surface area contributed by atoms with Gasteiger partial charge in [0, 0.05) is 12.4 Å². The summed E-state index contributed by atoms with van der Waals surface area (Å²) in [7, 11) is 1.51. The Labute approximate surface area is 99.9 Å². The summed E-state index contributed by atoms with van der Waals surface area (Å²) in [5.41, 5.74) is 2.25. The highest BCUT2D eigenvalue weighted by Gasteiger charge is 2.18. The van der Waals surface area contributed by atoms with E-state index >= 15 is 0 Å². The van der Waals surface area contributed by atoms with E-state index in [1.165, 1.54) is 13.3 Å². The van der Waals surface area contributed by atoms with Crippen molar-refractivity contribution in [3.63, 3.8) is 0 Å². The van der Waals surface area contributed by atoms with Crippen LogP contribution in [0.1, 0.15) is 22.9 Å². The van der Waals surface area contributed by atoms with E-state index in [1.807, 2.05) is 31.2 Å². The zero-order valence-electron chi connectivity index (χ0n) is 9.79. The molecule has 0 saturated carbocycles. The molecule has 0 aliphatic heterocycles. The SMILES string of the molecule is COc1nccnc1C(O)c1ccccc1C. The second kappa shape index (κ2) is 4.93. The fourth-order valence-corrected chi connectivity index (χ4v) is 1.72. The van der Waals surface area contributed by atoms with Gasteiger partial charge in [0.15, 0.2) is 0 Å². The van der Waals surface area contributed by atoms with E-state index in [-0.39, 0.29) is 0 Å². The molecule has 0 bridgehead atoms. The minimum atomic E-state index is -0.820. The van der Waals surface area contributed by atoms with Gasteiger partial charge in [0.1, 0.15) is 11.8 Å². The van der Waals surface area contributed by atoms with Gasteiger partial charge in [-0.1, -0.05) is 24.3 Å². The van der Waals surface area contributed by atoms with Gasteiger partial charge in [-0.15, -0.1) is 0 Å². The normalized spacial score (nSPS) is 12.2. The van der Waals surface area contributed by atoms with Crippen molar-refractivity contribution in [2.45, 2.75) is 13.0 Å². The molecule has 1 N–H and O–H groups in total. The first-order valence-electron chi connectivity index (χ1n) is 5.32. The van der Waals surface area contributed by atoms with Gasteiger partial charge in [0.25, 0.3) is 0 Å². The summed E-state index contributed by atoms with van der Waals surface area (Å²) in [5.74, 6) is 0.350. The topological polar surface area (TPSA) is 55.2 Å². The number of aryl methyl sites for hydroxylation is 1. The van der Waals surface area contributed by atoms with Crippen molar-refractivity contribution in [1.82, 2.24) is 9.97 Å². The highest BCUT2D eigenvalue weighted by Crippen LogP contribution is 2.27. The minimum absolute atomic E-state index is 0.350. The molecule has 4 nitrogen and oxygen atoms in total. The second-order valence-corrected chi connectivity index (χ2v) is 3.71. The monoisotopic (exact) mass is 230 g/mol. The molecule has 2 aromatic rings. The van der Waals surface area contributed by atoms with Crippen molar-refractivity contribution < 1.29 is 9.84 Å². The van der Waals surface area contributed by atoms with Crippen molar-refractivity contribution in [2.75, 3.05) is 7.11 Å².